The lowest BCUT2D eigenvalue weighted by Crippen LogP contribution is -1.89. The summed E-state index contributed by atoms with van der Waals surface area (Å²) in [6.07, 6.45) is 3.22. The van der Waals surface area contributed by atoms with Gasteiger partial charge < -0.3 is 5.11 Å². The van der Waals surface area contributed by atoms with Crippen LogP contribution in [0.1, 0.15) is 0 Å². The normalized spacial score (nSPS) is 11.4. The molecule has 0 spiro atoms. The summed E-state index contributed by atoms with van der Waals surface area (Å²) in [6.45, 7) is 0. The molecule has 0 aliphatic carbocycles. The number of phenolic OH excluding ortho intramolecular Hbond substituents is 1. The summed E-state index contributed by atoms with van der Waals surface area (Å²) in [4.78, 5) is 8.61. The summed E-state index contributed by atoms with van der Waals surface area (Å²) in [5.74, 6) is 0.600. The summed E-state index contributed by atoms with van der Waals surface area (Å²) >= 11 is 0. The van der Waals surface area contributed by atoms with Crippen molar-refractivity contribution in [1.29, 1.82) is 0 Å². The zero-order valence-electron chi connectivity index (χ0n) is 9.65. The van der Waals surface area contributed by atoms with Crippen molar-refractivity contribution in [3.63, 3.8) is 0 Å². The van der Waals surface area contributed by atoms with E-state index in [9.17, 15) is 5.11 Å². The second kappa shape index (κ2) is 3.52. The lowest BCUT2D eigenvalue weighted by Gasteiger charge is -1.97. The van der Waals surface area contributed by atoms with Gasteiger partial charge in [0.05, 0.1) is 17.1 Å². The van der Waals surface area contributed by atoms with Gasteiger partial charge >= 0.3 is 0 Å². The fourth-order valence-electron chi connectivity index (χ4n) is 2.02. The van der Waals surface area contributed by atoms with E-state index >= 15 is 0 Å². The van der Waals surface area contributed by atoms with E-state index in [0.717, 1.165) is 5.39 Å². The van der Waals surface area contributed by atoms with Gasteiger partial charge in [-0.25, -0.2) is 14.5 Å². The monoisotopic (exact) mass is 252 g/mol. The number of hydrogen-bond acceptors (Lipinski definition) is 5. The third kappa shape index (κ3) is 1.38. The number of fused-ring (bicyclic) bond motifs is 3. The smallest absolute Gasteiger partial charge is 0.185 e. The molecule has 1 aromatic carbocycles. The van der Waals surface area contributed by atoms with E-state index in [1.807, 2.05) is 6.07 Å². The minimum atomic E-state index is 0.148. The Labute approximate surface area is 106 Å². The number of phenols is 1. The van der Waals surface area contributed by atoms with Crippen molar-refractivity contribution in [3.8, 4) is 17.1 Å². The molecule has 0 bridgehead atoms. The highest BCUT2D eigenvalue weighted by Gasteiger charge is 2.13. The first-order chi connectivity index (χ1) is 9.33. The molecule has 2 N–H and O–H groups in total. The summed E-state index contributed by atoms with van der Waals surface area (Å²) < 4.78 is 1.57. The largest absolute Gasteiger partial charge is 0.507 e. The van der Waals surface area contributed by atoms with Gasteiger partial charge in [-0.15, -0.1) is 5.10 Å². The standard InChI is InChI=1S/C12H8N6O/c19-9-4-2-1-3-7(9)11-15-12-8-5-14-16-10(8)13-6-18(12)17-11/h1-6,19H,(H,14,16). The van der Waals surface area contributed by atoms with Crippen LogP contribution in [0.2, 0.25) is 0 Å². The molecule has 3 heterocycles. The molecule has 7 heteroatoms. The summed E-state index contributed by atoms with van der Waals surface area (Å²) in [6, 6.07) is 6.95. The Morgan fingerprint density at radius 2 is 2.11 bits per heavy atom. The quantitative estimate of drug-likeness (QED) is 0.534. The van der Waals surface area contributed by atoms with Crippen molar-refractivity contribution in [2.45, 2.75) is 0 Å². The number of rotatable bonds is 1. The van der Waals surface area contributed by atoms with Gasteiger partial charge in [-0.2, -0.15) is 5.10 Å². The van der Waals surface area contributed by atoms with Crippen LogP contribution in [0.3, 0.4) is 0 Å². The minimum Gasteiger partial charge on any atom is -0.507 e. The van der Waals surface area contributed by atoms with Crippen molar-refractivity contribution in [2.24, 2.45) is 0 Å². The molecule has 0 aliphatic heterocycles. The number of nitrogens with one attached hydrogen (secondary N) is 1. The van der Waals surface area contributed by atoms with Crippen LogP contribution in [-0.4, -0.2) is 34.9 Å². The van der Waals surface area contributed by atoms with Crippen molar-refractivity contribution in [1.82, 2.24) is 29.8 Å². The van der Waals surface area contributed by atoms with Gasteiger partial charge in [0.25, 0.3) is 0 Å². The van der Waals surface area contributed by atoms with Crippen molar-refractivity contribution >= 4 is 16.7 Å². The fraction of sp³-hybridized carbons (Fsp3) is 0. The average Bonchev–Trinajstić information content (AvgIpc) is 3.04. The van der Waals surface area contributed by atoms with Crippen LogP contribution in [0.5, 0.6) is 5.75 Å². The number of nitrogens with zero attached hydrogens (tertiary/aromatic N) is 5. The number of aromatic nitrogens is 6. The summed E-state index contributed by atoms with van der Waals surface area (Å²) in [7, 11) is 0. The van der Waals surface area contributed by atoms with Crippen molar-refractivity contribution < 1.29 is 5.11 Å². The topological polar surface area (TPSA) is 92.0 Å². The van der Waals surface area contributed by atoms with Gasteiger partial charge in [0.2, 0.25) is 0 Å². The zero-order valence-corrected chi connectivity index (χ0v) is 9.65. The third-order valence-electron chi connectivity index (χ3n) is 2.93. The lowest BCUT2D eigenvalue weighted by atomic mass is 10.2. The van der Waals surface area contributed by atoms with E-state index < -0.39 is 0 Å². The Balaban J connectivity index is 2.04. The van der Waals surface area contributed by atoms with E-state index in [2.05, 4.69) is 25.3 Å². The molecule has 3 aromatic heterocycles. The molecule has 0 amide bonds. The third-order valence-corrected chi connectivity index (χ3v) is 2.93. The molecular formula is C12H8N6O. The van der Waals surface area contributed by atoms with Crippen LogP contribution in [0.25, 0.3) is 28.1 Å². The molecule has 0 aliphatic rings. The second-order valence-electron chi connectivity index (χ2n) is 4.10. The number of hydrogen-bond donors (Lipinski definition) is 2. The van der Waals surface area contributed by atoms with Crippen LogP contribution in [0.15, 0.2) is 36.8 Å². The molecule has 0 saturated carbocycles. The molecule has 19 heavy (non-hydrogen) atoms. The van der Waals surface area contributed by atoms with E-state index in [1.165, 1.54) is 0 Å². The summed E-state index contributed by atoms with van der Waals surface area (Å²) in [5, 5.41) is 21.7. The van der Waals surface area contributed by atoms with Crippen LogP contribution in [-0.2, 0) is 0 Å². The maximum atomic E-state index is 9.84. The maximum Gasteiger partial charge on any atom is 0.185 e. The highest BCUT2D eigenvalue weighted by Crippen LogP contribution is 2.27. The van der Waals surface area contributed by atoms with Crippen molar-refractivity contribution in [2.75, 3.05) is 0 Å². The Hall–Kier alpha value is -2.96. The number of aromatic amines is 1. The Kier molecular flexibility index (Phi) is 1.85. The van der Waals surface area contributed by atoms with E-state index in [1.54, 1.807) is 35.2 Å². The second-order valence-corrected chi connectivity index (χ2v) is 4.10. The molecule has 0 unspecified atom stereocenters. The number of aromatic hydroxyl groups is 1. The molecular weight excluding hydrogens is 244 g/mol. The lowest BCUT2D eigenvalue weighted by molar-refractivity contribution is 0.477. The maximum absolute atomic E-state index is 9.84. The van der Waals surface area contributed by atoms with Gasteiger partial charge in [-0.1, -0.05) is 12.1 Å². The van der Waals surface area contributed by atoms with Crippen LogP contribution in [0, 0.1) is 0 Å². The first-order valence-electron chi connectivity index (χ1n) is 5.66. The predicted octanol–water partition coefficient (Wildman–Crippen LogP) is 1.37. The van der Waals surface area contributed by atoms with Crippen LogP contribution in [0.4, 0.5) is 0 Å². The van der Waals surface area contributed by atoms with Gasteiger partial charge in [0.1, 0.15) is 12.1 Å². The van der Waals surface area contributed by atoms with E-state index in [-0.39, 0.29) is 5.75 Å². The average molecular weight is 252 g/mol. The van der Waals surface area contributed by atoms with Gasteiger partial charge in [0.15, 0.2) is 17.1 Å². The molecule has 92 valence electrons. The molecule has 0 fully saturated rings. The molecule has 0 atom stereocenters. The van der Waals surface area contributed by atoms with Crippen LogP contribution >= 0.6 is 0 Å². The minimum absolute atomic E-state index is 0.148. The van der Waals surface area contributed by atoms with Crippen LogP contribution < -0.4 is 0 Å². The molecule has 4 rings (SSSR count). The van der Waals surface area contributed by atoms with E-state index in [0.29, 0.717) is 22.7 Å². The molecule has 0 saturated heterocycles. The number of para-hydroxylation sites is 1. The van der Waals surface area contributed by atoms with Gasteiger partial charge in [0, 0.05) is 0 Å². The first kappa shape index (κ1) is 10.0. The Morgan fingerprint density at radius 1 is 1.21 bits per heavy atom. The number of benzene rings is 1. The molecule has 0 radical (unpaired) electrons. The van der Waals surface area contributed by atoms with Crippen molar-refractivity contribution in [3.05, 3.63) is 36.8 Å². The predicted molar refractivity (Wildman–Crippen MR) is 67.5 cm³/mol. The SMILES string of the molecule is Oc1ccccc1-c1nc2c3cn[nH]c3ncn2n1. The molecule has 4 aromatic rings. The van der Waals surface area contributed by atoms with Gasteiger partial charge in [-0.3, -0.25) is 5.10 Å². The summed E-state index contributed by atoms with van der Waals surface area (Å²) in [5.41, 5.74) is 1.89. The highest BCUT2D eigenvalue weighted by atomic mass is 16.3. The number of H-pyrrole nitrogens is 1. The fourth-order valence-corrected chi connectivity index (χ4v) is 2.02. The highest BCUT2D eigenvalue weighted by molar-refractivity contribution is 5.88. The van der Waals surface area contributed by atoms with E-state index in [4.69, 9.17) is 0 Å². The first-order valence-corrected chi connectivity index (χ1v) is 5.66. The Morgan fingerprint density at radius 3 is 3.00 bits per heavy atom. The zero-order chi connectivity index (χ0) is 12.8. The van der Waals surface area contributed by atoms with Gasteiger partial charge in [-0.05, 0) is 12.1 Å². The Bertz CT molecular complexity index is 893. The molecule has 7 nitrogen and oxygen atoms in total.